The van der Waals surface area contributed by atoms with Gasteiger partial charge in [0, 0.05) is 32.5 Å². The van der Waals surface area contributed by atoms with Crippen molar-refractivity contribution < 1.29 is 14.7 Å². The lowest BCUT2D eigenvalue weighted by molar-refractivity contribution is -0.150. The molecule has 7 atom stereocenters. The van der Waals surface area contributed by atoms with Crippen molar-refractivity contribution in [3.63, 3.8) is 0 Å². The minimum absolute atomic E-state index is 0.0108. The first-order valence-electron chi connectivity index (χ1n) is 11.4. The van der Waals surface area contributed by atoms with E-state index in [1.165, 1.54) is 0 Å². The Hall–Kier alpha value is -1.88. The molecule has 0 bridgehead atoms. The van der Waals surface area contributed by atoms with Crippen molar-refractivity contribution in [1.29, 1.82) is 0 Å². The van der Waals surface area contributed by atoms with Crippen molar-refractivity contribution in [2.24, 2.45) is 29.1 Å². The third-order valence-corrected chi connectivity index (χ3v) is 7.95. The smallest absolute Gasteiger partial charge is 0.225 e. The van der Waals surface area contributed by atoms with E-state index in [-0.39, 0.29) is 46.9 Å². The number of rotatable bonds is 5. The lowest BCUT2D eigenvalue weighted by Gasteiger charge is -2.56. The number of benzene rings is 1. The number of amides is 2. The van der Waals surface area contributed by atoms with Crippen LogP contribution >= 0.6 is 0 Å². The van der Waals surface area contributed by atoms with Gasteiger partial charge in [-0.3, -0.25) is 9.59 Å². The number of aliphatic hydroxyl groups excluding tert-OH is 1. The Morgan fingerprint density at radius 2 is 1.87 bits per heavy atom. The van der Waals surface area contributed by atoms with E-state index in [1.807, 2.05) is 44.3 Å². The van der Waals surface area contributed by atoms with Crippen molar-refractivity contribution >= 4 is 11.8 Å². The zero-order valence-corrected chi connectivity index (χ0v) is 19.1. The van der Waals surface area contributed by atoms with Crippen LogP contribution in [0.4, 0.5) is 0 Å². The molecule has 1 aromatic carbocycles. The summed E-state index contributed by atoms with van der Waals surface area (Å²) in [7, 11) is 1.85. The molecule has 0 radical (unpaired) electrons. The Labute approximate surface area is 181 Å². The van der Waals surface area contributed by atoms with E-state index < -0.39 is 6.10 Å². The Kier molecular flexibility index (Phi) is 6.91. The van der Waals surface area contributed by atoms with E-state index in [4.69, 9.17) is 0 Å². The van der Waals surface area contributed by atoms with Gasteiger partial charge in [-0.15, -0.1) is 0 Å². The first kappa shape index (κ1) is 22.8. The standard InChI is InChI=1S/C25H38N2O3/c1-16(24(30)27(5)15-19-9-7-6-8-10-19)20-11-13-25(4)14-12-21(26-18(3)28)17(2)22(25)23(20)29/h6-10,16-17,20-23,29H,11-15H2,1-5H3,(H,26,28)/t16-,17-,20+,21-,22+,23-,25+/m0/s1. The highest BCUT2D eigenvalue weighted by Crippen LogP contribution is 2.55. The van der Waals surface area contributed by atoms with Crippen LogP contribution in [0.15, 0.2) is 30.3 Å². The van der Waals surface area contributed by atoms with Gasteiger partial charge in [-0.2, -0.15) is 0 Å². The largest absolute Gasteiger partial charge is 0.392 e. The second-order valence-electron chi connectivity index (χ2n) is 10.0. The highest BCUT2D eigenvalue weighted by Gasteiger charge is 2.53. The predicted octanol–water partition coefficient (Wildman–Crippen LogP) is 3.61. The van der Waals surface area contributed by atoms with Crippen LogP contribution < -0.4 is 5.32 Å². The summed E-state index contributed by atoms with van der Waals surface area (Å²) in [4.78, 5) is 26.6. The molecule has 0 unspecified atom stereocenters. The second-order valence-corrected chi connectivity index (χ2v) is 10.0. The number of hydrogen-bond donors (Lipinski definition) is 2. The number of hydrogen-bond acceptors (Lipinski definition) is 3. The summed E-state index contributed by atoms with van der Waals surface area (Å²) in [5.41, 5.74) is 1.18. The summed E-state index contributed by atoms with van der Waals surface area (Å²) < 4.78 is 0. The molecule has 0 saturated heterocycles. The van der Waals surface area contributed by atoms with E-state index in [0.29, 0.717) is 6.54 Å². The van der Waals surface area contributed by atoms with Crippen LogP contribution in [0.5, 0.6) is 0 Å². The van der Waals surface area contributed by atoms with E-state index in [9.17, 15) is 14.7 Å². The second kappa shape index (κ2) is 9.09. The van der Waals surface area contributed by atoms with Crippen molar-refractivity contribution in [3.8, 4) is 0 Å². The van der Waals surface area contributed by atoms with Gasteiger partial charge >= 0.3 is 0 Å². The molecule has 5 nitrogen and oxygen atoms in total. The Balaban J connectivity index is 1.72. The number of carbonyl (C=O) groups excluding carboxylic acids is 2. The third kappa shape index (κ3) is 4.56. The molecule has 2 saturated carbocycles. The van der Waals surface area contributed by atoms with Gasteiger partial charge in [0.25, 0.3) is 0 Å². The topological polar surface area (TPSA) is 69.6 Å². The number of nitrogens with zero attached hydrogens (tertiary/aromatic N) is 1. The van der Waals surface area contributed by atoms with Crippen molar-refractivity contribution in [3.05, 3.63) is 35.9 Å². The first-order valence-corrected chi connectivity index (χ1v) is 11.4. The average molecular weight is 415 g/mol. The molecular formula is C25H38N2O3. The lowest BCUT2D eigenvalue weighted by Crippen LogP contribution is -2.58. The predicted molar refractivity (Wildman–Crippen MR) is 118 cm³/mol. The number of carbonyl (C=O) groups is 2. The molecule has 30 heavy (non-hydrogen) atoms. The fourth-order valence-electron chi connectivity index (χ4n) is 6.22. The van der Waals surface area contributed by atoms with Crippen molar-refractivity contribution in [2.45, 2.75) is 72.1 Å². The van der Waals surface area contributed by atoms with Crippen LogP contribution in [0.3, 0.4) is 0 Å². The van der Waals surface area contributed by atoms with Gasteiger partial charge in [0.1, 0.15) is 0 Å². The van der Waals surface area contributed by atoms with Crippen LogP contribution in [0, 0.1) is 29.1 Å². The molecule has 5 heteroatoms. The summed E-state index contributed by atoms with van der Waals surface area (Å²) in [5, 5.41) is 14.5. The molecule has 0 aliphatic heterocycles. The number of aliphatic hydroxyl groups is 1. The van der Waals surface area contributed by atoms with Crippen LogP contribution in [0.1, 0.15) is 58.9 Å². The van der Waals surface area contributed by atoms with Crippen LogP contribution in [-0.2, 0) is 16.1 Å². The molecule has 2 N–H and O–H groups in total. The molecule has 2 fully saturated rings. The minimum atomic E-state index is -0.528. The highest BCUT2D eigenvalue weighted by atomic mass is 16.3. The van der Waals surface area contributed by atoms with Gasteiger partial charge in [-0.25, -0.2) is 0 Å². The zero-order valence-electron chi connectivity index (χ0n) is 19.1. The van der Waals surface area contributed by atoms with Crippen LogP contribution in [0.25, 0.3) is 0 Å². The van der Waals surface area contributed by atoms with Crippen LogP contribution in [0.2, 0.25) is 0 Å². The zero-order chi connectivity index (χ0) is 22.1. The maximum absolute atomic E-state index is 13.2. The Bertz CT molecular complexity index is 752. The molecular weight excluding hydrogens is 376 g/mol. The van der Waals surface area contributed by atoms with Crippen LogP contribution in [-0.4, -0.2) is 41.0 Å². The number of nitrogens with one attached hydrogen (secondary N) is 1. The summed E-state index contributed by atoms with van der Waals surface area (Å²) in [5.74, 6) is 0.0852. The van der Waals surface area contributed by atoms with E-state index in [1.54, 1.807) is 11.8 Å². The quantitative estimate of drug-likeness (QED) is 0.773. The molecule has 3 rings (SSSR count). The van der Waals surface area contributed by atoms with Crippen molar-refractivity contribution in [2.75, 3.05) is 7.05 Å². The maximum Gasteiger partial charge on any atom is 0.225 e. The SMILES string of the molecule is CC(=O)N[C@H]1CC[C@@]2(C)CC[C@H]([C@H](C)C(=O)N(C)Cc3ccccc3)[C@H](O)[C@H]2[C@H]1C. The molecule has 0 aromatic heterocycles. The molecule has 2 aliphatic carbocycles. The molecule has 0 heterocycles. The van der Waals surface area contributed by atoms with Gasteiger partial charge in [-0.05, 0) is 54.4 Å². The molecule has 0 spiro atoms. The fraction of sp³-hybridized carbons (Fsp3) is 0.680. The van der Waals surface area contributed by atoms with Gasteiger partial charge in [0.2, 0.25) is 11.8 Å². The Morgan fingerprint density at radius 1 is 1.23 bits per heavy atom. The van der Waals surface area contributed by atoms with Gasteiger partial charge in [-0.1, -0.05) is 51.1 Å². The van der Waals surface area contributed by atoms with Gasteiger partial charge in [0.05, 0.1) is 6.10 Å². The molecule has 166 valence electrons. The summed E-state index contributed by atoms with van der Waals surface area (Å²) in [6.45, 7) is 8.55. The van der Waals surface area contributed by atoms with E-state index >= 15 is 0 Å². The number of fused-ring (bicyclic) bond motifs is 1. The molecule has 1 aromatic rings. The van der Waals surface area contributed by atoms with E-state index in [0.717, 1.165) is 31.2 Å². The molecule has 2 aliphatic rings. The van der Waals surface area contributed by atoms with Gasteiger partial charge in [0.15, 0.2) is 0 Å². The summed E-state index contributed by atoms with van der Waals surface area (Å²) in [6, 6.07) is 10.1. The van der Waals surface area contributed by atoms with E-state index in [2.05, 4.69) is 19.2 Å². The monoisotopic (exact) mass is 414 g/mol. The summed E-state index contributed by atoms with van der Waals surface area (Å²) >= 11 is 0. The van der Waals surface area contributed by atoms with Gasteiger partial charge < -0.3 is 15.3 Å². The van der Waals surface area contributed by atoms with Crippen molar-refractivity contribution in [1.82, 2.24) is 10.2 Å². The fourth-order valence-corrected chi connectivity index (χ4v) is 6.22. The summed E-state index contributed by atoms with van der Waals surface area (Å²) in [6.07, 6.45) is 3.33. The normalized spacial score (nSPS) is 34.5. The Morgan fingerprint density at radius 3 is 2.50 bits per heavy atom. The molecule has 2 amide bonds. The minimum Gasteiger partial charge on any atom is -0.392 e. The first-order chi connectivity index (χ1) is 14.1. The average Bonchev–Trinajstić information content (AvgIpc) is 2.70. The lowest BCUT2D eigenvalue weighted by atomic mass is 9.51. The maximum atomic E-state index is 13.2. The highest BCUT2D eigenvalue weighted by molar-refractivity contribution is 5.78. The third-order valence-electron chi connectivity index (χ3n) is 7.95.